The van der Waals surface area contributed by atoms with Crippen LogP contribution in [-0.4, -0.2) is 10.1 Å². The maximum atomic E-state index is 9.56. The quantitative estimate of drug-likeness (QED) is 0.765. The number of aromatic nitrogens is 1. The molecule has 0 amide bonds. The Hall–Kier alpha value is -1.83. The molecule has 0 aliphatic heterocycles. The molecule has 0 fully saturated rings. The third-order valence-corrected chi connectivity index (χ3v) is 2.52. The topological polar surface area (TPSA) is 33.1 Å². The van der Waals surface area contributed by atoms with Crippen molar-refractivity contribution in [3.63, 3.8) is 0 Å². The van der Waals surface area contributed by atoms with E-state index in [1.807, 2.05) is 38.2 Å². The van der Waals surface area contributed by atoms with Gasteiger partial charge in [-0.1, -0.05) is 6.07 Å². The SMILES string of the molecule is Cc1cc(-c2cccnc2)c(C)cc1O. The molecular weight excluding hydrogens is 186 g/mol. The molecule has 1 aromatic carbocycles. The van der Waals surface area contributed by atoms with Crippen LogP contribution in [0.15, 0.2) is 36.7 Å². The summed E-state index contributed by atoms with van der Waals surface area (Å²) in [4.78, 5) is 4.09. The van der Waals surface area contributed by atoms with E-state index in [1.54, 1.807) is 12.3 Å². The second-order valence-electron chi connectivity index (χ2n) is 3.70. The zero-order chi connectivity index (χ0) is 10.8. The lowest BCUT2D eigenvalue weighted by Crippen LogP contribution is -1.86. The van der Waals surface area contributed by atoms with Crippen LogP contribution in [0.1, 0.15) is 11.1 Å². The van der Waals surface area contributed by atoms with E-state index in [2.05, 4.69) is 4.98 Å². The summed E-state index contributed by atoms with van der Waals surface area (Å²) in [6.07, 6.45) is 3.59. The molecule has 1 N–H and O–H groups in total. The van der Waals surface area contributed by atoms with Gasteiger partial charge in [0.1, 0.15) is 5.75 Å². The summed E-state index contributed by atoms with van der Waals surface area (Å²) in [6.45, 7) is 3.89. The fraction of sp³-hybridized carbons (Fsp3) is 0.154. The molecule has 0 bridgehead atoms. The van der Waals surface area contributed by atoms with Gasteiger partial charge in [-0.15, -0.1) is 0 Å². The van der Waals surface area contributed by atoms with Crippen molar-refractivity contribution in [1.82, 2.24) is 4.98 Å². The van der Waals surface area contributed by atoms with Gasteiger partial charge < -0.3 is 5.11 Å². The average Bonchev–Trinajstić information content (AvgIpc) is 2.25. The number of benzene rings is 1. The van der Waals surface area contributed by atoms with Crippen molar-refractivity contribution in [2.24, 2.45) is 0 Å². The summed E-state index contributed by atoms with van der Waals surface area (Å²) >= 11 is 0. The summed E-state index contributed by atoms with van der Waals surface area (Å²) < 4.78 is 0. The molecule has 1 aromatic heterocycles. The number of nitrogens with zero attached hydrogens (tertiary/aromatic N) is 1. The first kappa shape index (κ1) is 9.71. The van der Waals surface area contributed by atoms with Crippen molar-refractivity contribution in [3.8, 4) is 16.9 Å². The van der Waals surface area contributed by atoms with E-state index >= 15 is 0 Å². The van der Waals surface area contributed by atoms with E-state index < -0.39 is 0 Å². The Balaban J connectivity index is 2.59. The minimum atomic E-state index is 0.347. The van der Waals surface area contributed by atoms with Gasteiger partial charge in [-0.2, -0.15) is 0 Å². The van der Waals surface area contributed by atoms with Crippen molar-refractivity contribution in [3.05, 3.63) is 47.8 Å². The highest BCUT2D eigenvalue weighted by Gasteiger charge is 2.05. The summed E-state index contributed by atoms with van der Waals surface area (Å²) in [6, 6.07) is 7.71. The third-order valence-electron chi connectivity index (χ3n) is 2.52. The maximum Gasteiger partial charge on any atom is 0.118 e. The number of rotatable bonds is 1. The van der Waals surface area contributed by atoms with E-state index in [9.17, 15) is 5.11 Å². The van der Waals surface area contributed by atoms with Gasteiger partial charge in [0.05, 0.1) is 0 Å². The minimum Gasteiger partial charge on any atom is -0.508 e. The largest absolute Gasteiger partial charge is 0.508 e. The van der Waals surface area contributed by atoms with Crippen molar-refractivity contribution in [2.45, 2.75) is 13.8 Å². The normalized spacial score (nSPS) is 10.3. The fourth-order valence-electron chi connectivity index (χ4n) is 1.63. The minimum absolute atomic E-state index is 0.347. The summed E-state index contributed by atoms with van der Waals surface area (Å²) in [5.41, 5.74) is 4.15. The van der Waals surface area contributed by atoms with E-state index in [4.69, 9.17) is 0 Å². The lowest BCUT2D eigenvalue weighted by atomic mass is 9.99. The molecule has 2 nitrogen and oxygen atoms in total. The highest BCUT2D eigenvalue weighted by atomic mass is 16.3. The Morgan fingerprint density at radius 2 is 1.93 bits per heavy atom. The van der Waals surface area contributed by atoms with Crippen molar-refractivity contribution in [1.29, 1.82) is 0 Å². The van der Waals surface area contributed by atoms with Crippen molar-refractivity contribution >= 4 is 0 Å². The molecule has 2 heteroatoms. The van der Waals surface area contributed by atoms with Crippen LogP contribution < -0.4 is 0 Å². The van der Waals surface area contributed by atoms with Gasteiger partial charge in [0.15, 0.2) is 0 Å². The Bertz CT molecular complexity index is 477. The molecule has 1 heterocycles. The predicted molar refractivity (Wildman–Crippen MR) is 60.8 cm³/mol. The van der Waals surface area contributed by atoms with Gasteiger partial charge in [-0.3, -0.25) is 4.98 Å². The van der Waals surface area contributed by atoms with Crippen LogP contribution in [0.5, 0.6) is 5.75 Å². The van der Waals surface area contributed by atoms with Gasteiger partial charge in [-0.25, -0.2) is 0 Å². The van der Waals surface area contributed by atoms with Gasteiger partial charge in [0, 0.05) is 18.0 Å². The highest BCUT2D eigenvalue weighted by molar-refractivity contribution is 5.68. The van der Waals surface area contributed by atoms with Gasteiger partial charge in [-0.05, 0) is 48.7 Å². The standard InChI is InChI=1S/C13H13NO/c1-9-7-13(15)10(2)6-12(9)11-4-3-5-14-8-11/h3-8,15H,1-2H3. The first-order valence-corrected chi connectivity index (χ1v) is 4.89. The summed E-state index contributed by atoms with van der Waals surface area (Å²) in [5.74, 6) is 0.347. The molecule has 2 aromatic rings. The lowest BCUT2D eigenvalue weighted by molar-refractivity contribution is 0.471. The Morgan fingerprint density at radius 3 is 2.60 bits per heavy atom. The number of phenols is 1. The number of aromatic hydroxyl groups is 1. The average molecular weight is 199 g/mol. The first-order chi connectivity index (χ1) is 7.18. The first-order valence-electron chi connectivity index (χ1n) is 4.89. The van der Waals surface area contributed by atoms with Crippen LogP contribution in [0.25, 0.3) is 11.1 Å². The van der Waals surface area contributed by atoms with E-state index in [1.165, 1.54) is 0 Å². The van der Waals surface area contributed by atoms with Crippen molar-refractivity contribution < 1.29 is 5.11 Å². The second-order valence-corrected chi connectivity index (χ2v) is 3.70. The Morgan fingerprint density at radius 1 is 1.13 bits per heavy atom. The lowest BCUT2D eigenvalue weighted by Gasteiger charge is -2.08. The monoisotopic (exact) mass is 199 g/mol. The molecule has 2 rings (SSSR count). The predicted octanol–water partition coefficient (Wildman–Crippen LogP) is 3.07. The van der Waals surface area contributed by atoms with Gasteiger partial charge in [0.2, 0.25) is 0 Å². The zero-order valence-electron chi connectivity index (χ0n) is 8.86. The smallest absolute Gasteiger partial charge is 0.118 e. The number of pyridine rings is 1. The van der Waals surface area contributed by atoms with E-state index in [0.29, 0.717) is 5.75 Å². The molecule has 0 unspecified atom stereocenters. The number of aryl methyl sites for hydroxylation is 2. The molecule has 0 spiro atoms. The molecule has 15 heavy (non-hydrogen) atoms. The van der Waals surface area contributed by atoms with Crippen LogP contribution in [0, 0.1) is 13.8 Å². The Kier molecular flexibility index (Phi) is 2.42. The molecule has 0 saturated heterocycles. The number of phenolic OH excluding ortho intramolecular Hbond substituents is 1. The van der Waals surface area contributed by atoms with Crippen LogP contribution >= 0.6 is 0 Å². The van der Waals surface area contributed by atoms with Crippen LogP contribution in [-0.2, 0) is 0 Å². The molecule has 0 radical (unpaired) electrons. The molecule has 0 aliphatic carbocycles. The van der Waals surface area contributed by atoms with Crippen LogP contribution in [0.3, 0.4) is 0 Å². The Labute approximate surface area is 89.2 Å². The van der Waals surface area contributed by atoms with Gasteiger partial charge in [0.25, 0.3) is 0 Å². The van der Waals surface area contributed by atoms with Gasteiger partial charge >= 0.3 is 0 Å². The fourth-order valence-corrected chi connectivity index (χ4v) is 1.63. The third kappa shape index (κ3) is 1.84. The van der Waals surface area contributed by atoms with Crippen LogP contribution in [0.2, 0.25) is 0 Å². The molecule has 76 valence electrons. The molecular formula is C13H13NO. The summed E-state index contributed by atoms with van der Waals surface area (Å²) in [7, 11) is 0. The molecule has 0 saturated carbocycles. The van der Waals surface area contributed by atoms with Crippen molar-refractivity contribution in [2.75, 3.05) is 0 Å². The van der Waals surface area contributed by atoms with E-state index in [-0.39, 0.29) is 0 Å². The zero-order valence-corrected chi connectivity index (χ0v) is 8.86. The summed E-state index contributed by atoms with van der Waals surface area (Å²) in [5, 5.41) is 9.56. The highest BCUT2D eigenvalue weighted by Crippen LogP contribution is 2.28. The maximum absolute atomic E-state index is 9.56. The van der Waals surface area contributed by atoms with E-state index in [0.717, 1.165) is 22.3 Å². The van der Waals surface area contributed by atoms with Crippen LogP contribution in [0.4, 0.5) is 0 Å². The molecule has 0 aliphatic rings. The molecule has 0 atom stereocenters. The number of hydrogen-bond donors (Lipinski definition) is 1. The second kappa shape index (κ2) is 3.73. The number of hydrogen-bond acceptors (Lipinski definition) is 2.